The van der Waals surface area contributed by atoms with Crippen molar-refractivity contribution in [3.05, 3.63) is 59.7 Å². The molecule has 0 saturated carbocycles. The smallest absolute Gasteiger partial charge is 0.0122 e. The van der Waals surface area contributed by atoms with E-state index >= 15 is 0 Å². The third kappa shape index (κ3) is 1.83. The zero-order valence-electron chi connectivity index (χ0n) is 8.18. The van der Waals surface area contributed by atoms with Gasteiger partial charge in [0.25, 0.3) is 0 Å². The molecule has 1 heteroatoms. The number of rotatable bonds is 0. The van der Waals surface area contributed by atoms with Gasteiger partial charge < -0.3 is 0 Å². The van der Waals surface area contributed by atoms with Gasteiger partial charge in [-0.1, -0.05) is 48.2 Å². The Balaban J connectivity index is 2.20. The van der Waals surface area contributed by atoms with Gasteiger partial charge in [-0.05, 0) is 35.4 Å². The van der Waals surface area contributed by atoms with Crippen LogP contribution < -0.4 is 0 Å². The van der Waals surface area contributed by atoms with Crippen LogP contribution in [0.1, 0.15) is 11.1 Å². The van der Waals surface area contributed by atoms with Crippen LogP contribution in [0.2, 0.25) is 0 Å². The average molecular weight is 210 g/mol. The summed E-state index contributed by atoms with van der Waals surface area (Å²) in [5, 5.41) is 0. The summed E-state index contributed by atoms with van der Waals surface area (Å²) in [4.78, 5) is 2.59. The molecule has 15 heavy (non-hydrogen) atoms. The Morgan fingerprint density at radius 3 is 1.33 bits per heavy atom. The molecular formula is C14H10S. The molecule has 2 aromatic carbocycles. The third-order valence-electron chi connectivity index (χ3n) is 2.46. The van der Waals surface area contributed by atoms with E-state index in [0.29, 0.717) is 0 Å². The quantitative estimate of drug-likeness (QED) is 0.532. The van der Waals surface area contributed by atoms with Crippen molar-refractivity contribution in [2.45, 2.75) is 9.79 Å². The molecule has 0 atom stereocenters. The van der Waals surface area contributed by atoms with Gasteiger partial charge in [-0.25, -0.2) is 0 Å². The average Bonchev–Trinajstić information content (AvgIpc) is 2.39. The second kappa shape index (κ2) is 3.59. The second-order valence-electron chi connectivity index (χ2n) is 3.57. The first-order valence-electron chi connectivity index (χ1n) is 4.96. The van der Waals surface area contributed by atoms with E-state index in [1.165, 1.54) is 20.9 Å². The Hall–Kier alpha value is -1.47. The van der Waals surface area contributed by atoms with Crippen molar-refractivity contribution in [2.24, 2.45) is 0 Å². The van der Waals surface area contributed by atoms with Crippen LogP contribution in [0.25, 0.3) is 12.2 Å². The van der Waals surface area contributed by atoms with Crippen LogP contribution in [0.15, 0.2) is 58.3 Å². The highest BCUT2D eigenvalue weighted by atomic mass is 32.2. The summed E-state index contributed by atoms with van der Waals surface area (Å²) in [6, 6.07) is 17.3. The van der Waals surface area contributed by atoms with E-state index in [1.807, 2.05) is 0 Å². The molecule has 0 unspecified atom stereocenters. The van der Waals surface area contributed by atoms with Crippen LogP contribution in [0.5, 0.6) is 0 Å². The van der Waals surface area contributed by atoms with Gasteiger partial charge in [-0.15, -0.1) is 0 Å². The van der Waals surface area contributed by atoms with Crippen LogP contribution >= 0.6 is 11.8 Å². The summed E-state index contributed by atoms with van der Waals surface area (Å²) < 4.78 is 0. The maximum Gasteiger partial charge on any atom is 0.0122 e. The van der Waals surface area contributed by atoms with E-state index in [1.54, 1.807) is 11.8 Å². The van der Waals surface area contributed by atoms with Gasteiger partial charge in [0.1, 0.15) is 0 Å². The van der Waals surface area contributed by atoms with Crippen molar-refractivity contribution in [2.75, 3.05) is 0 Å². The highest BCUT2D eigenvalue weighted by Crippen LogP contribution is 2.29. The first-order chi connectivity index (χ1) is 7.40. The fourth-order valence-electron chi connectivity index (χ4n) is 1.62. The van der Waals surface area contributed by atoms with Crippen molar-refractivity contribution in [1.82, 2.24) is 0 Å². The summed E-state index contributed by atoms with van der Waals surface area (Å²) in [5.74, 6) is 0. The fourth-order valence-corrected chi connectivity index (χ4v) is 2.44. The van der Waals surface area contributed by atoms with Crippen molar-refractivity contribution < 1.29 is 0 Å². The van der Waals surface area contributed by atoms with Gasteiger partial charge in [0, 0.05) is 9.79 Å². The van der Waals surface area contributed by atoms with E-state index in [-0.39, 0.29) is 0 Å². The highest BCUT2D eigenvalue weighted by Gasteiger charge is 1.99. The predicted molar refractivity (Wildman–Crippen MR) is 65.9 cm³/mol. The summed E-state index contributed by atoms with van der Waals surface area (Å²) in [5.41, 5.74) is 2.51. The monoisotopic (exact) mass is 210 g/mol. The van der Waals surface area contributed by atoms with E-state index in [2.05, 4.69) is 60.7 Å². The predicted octanol–water partition coefficient (Wildman–Crippen LogP) is 4.32. The maximum absolute atomic E-state index is 2.17. The van der Waals surface area contributed by atoms with E-state index in [9.17, 15) is 0 Å². The molecule has 0 aromatic heterocycles. The number of benzene rings is 2. The molecule has 4 aliphatic rings. The lowest BCUT2D eigenvalue weighted by Crippen LogP contribution is -1.73. The molecule has 0 fully saturated rings. The molecule has 0 N–H and O–H groups in total. The van der Waals surface area contributed by atoms with Crippen molar-refractivity contribution in [3.8, 4) is 0 Å². The van der Waals surface area contributed by atoms with Crippen LogP contribution in [0.4, 0.5) is 0 Å². The molecular weight excluding hydrogens is 200 g/mol. The summed E-state index contributed by atoms with van der Waals surface area (Å²) in [6.45, 7) is 0. The van der Waals surface area contributed by atoms with Crippen molar-refractivity contribution in [3.63, 3.8) is 0 Å². The lowest BCUT2D eigenvalue weighted by atomic mass is 10.1. The topological polar surface area (TPSA) is 0 Å². The minimum absolute atomic E-state index is 1.25. The van der Waals surface area contributed by atoms with Gasteiger partial charge in [-0.2, -0.15) is 0 Å². The Morgan fingerprint density at radius 1 is 0.533 bits per heavy atom. The number of hydrogen-bond donors (Lipinski definition) is 0. The molecule has 4 bridgehead atoms. The normalized spacial score (nSPS) is 12.8. The maximum atomic E-state index is 2.17. The lowest BCUT2D eigenvalue weighted by Gasteiger charge is -2.01. The van der Waals surface area contributed by atoms with Crippen molar-refractivity contribution >= 4 is 23.9 Å². The van der Waals surface area contributed by atoms with E-state index < -0.39 is 0 Å². The molecule has 0 nitrogen and oxygen atoms in total. The molecule has 0 amide bonds. The molecule has 4 heterocycles. The first-order valence-corrected chi connectivity index (χ1v) is 5.78. The molecule has 0 saturated heterocycles. The molecule has 0 radical (unpaired) electrons. The molecule has 72 valence electrons. The first kappa shape index (κ1) is 8.81. The summed E-state index contributed by atoms with van der Waals surface area (Å²) >= 11 is 1.80. The lowest BCUT2D eigenvalue weighted by molar-refractivity contribution is 1.40. The summed E-state index contributed by atoms with van der Waals surface area (Å²) in [7, 11) is 0. The Morgan fingerprint density at radius 2 is 0.933 bits per heavy atom. The minimum Gasteiger partial charge on any atom is -0.0901 e. The SMILES string of the molecule is C1=Cc2ccc(cc2)Sc2ccc1cc2. The van der Waals surface area contributed by atoms with Gasteiger partial charge >= 0.3 is 0 Å². The molecule has 6 rings (SSSR count). The second-order valence-corrected chi connectivity index (χ2v) is 4.72. The largest absolute Gasteiger partial charge is 0.0901 e. The standard InChI is InChI=1S/C14H10S/c1-2-12-5-9-14(10-6-12)15-13-7-3-11(1)4-8-13/h1-10H. The van der Waals surface area contributed by atoms with Gasteiger partial charge in [-0.3, -0.25) is 0 Å². The zero-order chi connectivity index (χ0) is 10.1. The molecule has 2 aromatic rings. The summed E-state index contributed by atoms with van der Waals surface area (Å²) in [6.07, 6.45) is 4.30. The Labute approximate surface area is 93.6 Å². The van der Waals surface area contributed by atoms with Gasteiger partial charge in [0.2, 0.25) is 0 Å². The van der Waals surface area contributed by atoms with Gasteiger partial charge in [0.05, 0.1) is 0 Å². The van der Waals surface area contributed by atoms with Crippen LogP contribution in [-0.2, 0) is 0 Å². The Kier molecular flexibility index (Phi) is 2.11. The fraction of sp³-hybridized carbons (Fsp3) is 0. The molecule has 0 spiro atoms. The van der Waals surface area contributed by atoms with Crippen LogP contribution in [-0.4, -0.2) is 0 Å². The van der Waals surface area contributed by atoms with Crippen LogP contribution in [0, 0.1) is 0 Å². The zero-order valence-corrected chi connectivity index (χ0v) is 9.00. The Bertz CT molecular complexity index is 444. The highest BCUT2D eigenvalue weighted by molar-refractivity contribution is 7.99. The third-order valence-corrected chi connectivity index (χ3v) is 3.48. The van der Waals surface area contributed by atoms with Crippen LogP contribution in [0.3, 0.4) is 0 Å². The van der Waals surface area contributed by atoms with Gasteiger partial charge in [0.15, 0.2) is 0 Å². The molecule has 0 aliphatic carbocycles. The minimum atomic E-state index is 1.25. The van der Waals surface area contributed by atoms with E-state index in [0.717, 1.165) is 0 Å². The number of hydrogen-bond acceptors (Lipinski definition) is 1. The molecule has 4 aliphatic heterocycles. The van der Waals surface area contributed by atoms with E-state index in [4.69, 9.17) is 0 Å². The van der Waals surface area contributed by atoms with Crippen molar-refractivity contribution in [1.29, 1.82) is 0 Å².